The Hall–Kier alpha value is -2.33. The van der Waals surface area contributed by atoms with Gasteiger partial charge < -0.3 is 9.47 Å². The summed E-state index contributed by atoms with van der Waals surface area (Å²) in [5, 5.41) is 0.238. The van der Waals surface area contributed by atoms with Crippen LogP contribution in [0.15, 0.2) is 42.5 Å². The molecule has 2 aromatic rings. The minimum atomic E-state index is -0.492. The standard InChI is InChI=1S/C17H14ClFO3/c1-21-11-6-9-17(22-2)13(10-11)16(20)8-7-12-14(18)4-3-5-15(12)19/h3-10H,1-2H3/b8-7-. The van der Waals surface area contributed by atoms with E-state index in [2.05, 4.69) is 0 Å². The Bertz CT molecular complexity index is 706. The van der Waals surface area contributed by atoms with Crippen molar-refractivity contribution in [1.29, 1.82) is 0 Å². The average molecular weight is 321 g/mol. The summed E-state index contributed by atoms with van der Waals surface area (Å²) >= 11 is 5.92. The Labute approximate surface area is 132 Å². The van der Waals surface area contributed by atoms with Crippen molar-refractivity contribution in [3.63, 3.8) is 0 Å². The molecular formula is C17H14ClFO3. The van der Waals surface area contributed by atoms with Crippen LogP contribution in [0.3, 0.4) is 0 Å². The van der Waals surface area contributed by atoms with Gasteiger partial charge in [0.25, 0.3) is 0 Å². The molecule has 3 nitrogen and oxygen atoms in total. The summed E-state index contributed by atoms with van der Waals surface area (Å²) in [4.78, 5) is 12.3. The highest BCUT2D eigenvalue weighted by molar-refractivity contribution is 6.32. The van der Waals surface area contributed by atoms with Gasteiger partial charge in [-0.15, -0.1) is 0 Å². The molecule has 0 aliphatic carbocycles. The lowest BCUT2D eigenvalue weighted by molar-refractivity contribution is 0.104. The predicted molar refractivity (Wildman–Crippen MR) is 84.3 cm³/mol. The third-order valence-electron chi connectivity index (χ3n) is 3.07. The molecule has 0 aliphatic heterocycles. The third-order valence-corrected chi connectivity index (χ3v) is 3.40. The van der Waals surface area contributed by atoms with Crippen LogP contribution in [0.4, 0.5) is 4.39 Å². The van der Waals surface area contributed by atoms with Crippen molar-refractivity contribution < 1.29 is 18.7 Å². The fourth-order valence-electron chi connectivity index (χ4n) is 1.93. The number of carbonyl (C=O) groups is 1. The van der Waals surface area contributed by atoms with Crippen LogP contribution in [-0.4, -0.2) is 20.0 Å². The van der Waals surface area contributed by atoms with Crippen molar-refractivity contribution in [1.82, 2.24) is 0 Å². The van der Waals surface area contributed by atoms with Crippen LogP contribution in [-0.2, 0) is 0 Å². The number of ether oxygens (including phenoxy) is 2. The largest absolute Gasteiger partial charge is 0.497 e. The molecule has 0 spiro atoms. The molecule has 0 saturated carbocycles. The summed E-state index contributed by atoms with van der Waals surface area (Å²) in [6.45, 7) is 0. The van der Waals surface area contributed by atoms with Gasteiger partial charge in [0.1, 0.15) is 17.3 Å². The van der Waals surface area contributed by atoms with Crippen molar-refractivity contribution in [2.24, 2.45) is 0 Å². The molecular weight excluding hydrogens is 307 g/mol. The van der Waals surface area contributed by atoms with Crippen molar-refractivity contribution in [3.05, 3.63) is 64.4 Å². The highest BCUT2D eigenvalue weighted by Crippen LogP contribution is 2.26. The molecule has 114 valence electrons. The maximum absolute atomic E-state index is 13.7. The first-order valence-corrected chi connectivity index (χ1v) is 6.83. The van der Waals surface area contributed by atoms with Gasteiger partial charge in [0, 0.05) is 5.56 Å². The van der Waals surface area contributed by atoms with Crippen molar-refractivity contribution in [3.8, 4) is 11.5 Å². The van der Waals surface area contributed by atoms with Crippen molar-refractivity contribution >= 4 is 23.5 Å². The fourth-order valence-corrected chi connectivity index (χ4v) is 2.15. The van der Waals surface area contributed by atoms with Gasteiger partial charge in [-0.1, -0.05) is 17.7 Å². The van der Waals surface area contributed by atoms with Crippen LogP contribution in [0.25, 0.3) is 6.08 Å². The first-order chi connectivity index (χ1) is 10.6. The highest BCUT2D eigenvalue weighted by Gasteiger charge is 2.12. The number of rotatable bonds is 5. The summed E-state index contributed by atoms with van der Waals surface area (Å²) in [5.74, 6) is 0.112. The molecule has 0 fully saturated rings. The Morgan fingerprint density at radius 1 is 1.18 bits per heavy atom. The van der Waals surface area contributed by atoms with E-state index in [-0.39, 0.29) is 16.4 Å². The lowest BCUT2D eigenvalue weighted by atomic mass is 10.1. The summed E-state index contributed by atoms with van der Waals surface area (Å²) < 4.78 is 23.9. The van der Waals surface area contributed by atoms with Gasteiger partial charge in [-0.25, -0.2) is 4.39 Å². The van der Waals surface area contributed by atoms with Crippen LogP contribution >= 0.6 is 11.6 Å². The van der Waals surface area contributed by atoms with Crippen molar-refractivity contribution in [2.45, 2.75) is 0 Å². The first-order valence-electron chi connectivity index (χ1n) is 6.45. The summed E-state index contributed by atoms with van der Waals surface area (Å²) in [6.07, 6.45) is 2.60. The van der Waals surface area contributed by atoms with Crippen LogP contribution in [0, 0.1) is 5.82 Å². The van der Waals surface area contributed by atoms with E-state index in [1.807, 2.05) is 0 Å². The summed E-state index contributed by atoms with van der Waals surface area (Å²) in [7, 11) is 2.97. The second kappa shape index (κ2) is 7.09. The number of benzene rings is 2. The second-order valence-electron chi connectivity index (χ2n) is 4.40. The Morgan fingerprint density at radius 3 is 2.59 bits per heavy atom. The van der Waals surface area contributed by atoms with E-state index in [4.69, 9.17) is 21.1 Å². The average Bonchev–Trinajstić information content (AvgIpc) is 2.53. The topological polar surface area (TPSA) is 35.5 Å². The lowest BCUT2D eigenvalue weighted by Gasteiger charge is -2.08. The van der Waals surface area contributed by atoms with E-state index in [1.165, 1.54) is 38.5 Å². The monoisotopic (exact) mass is 320 g/mol. The van der Waals surface area contributed by atoms with Gasteiger partial charge in [-0.3, -0.25) is 4.79 Å². The van der Waals surface area contributed by atoms with Gasteiger partial charge in [-0.2, -0.15) is 0 Å². The molecule has 0 radical (unpaired) electrons. The molecule has 0 unspecified atom stereocenters. The van der Waals surface area contributed by atoms with E-state index in [0.717, 1.165) is 0 Å². The van der Waals surface area contributed by atoms with Gasteiger partial charge >= 0.3 is 0 Å². The zero-order chi connectivity index (χ0) is 16.1. The van der Waals surface area contributed by atoms with E-state index in [1.54, 1.807) is 24.3 Å². The van der Waals surface area contributed by atoms with Crippen LogP contribution < -0.4 is 9.47 Å². The minimum Gasteiger partial charge on any atom is -0.497 e. The fraction of sp³-hybridized carbons (Fsp3) is 0.118. The molecule has 0 bridgehead atoms. The highest BCUT2D eigenvalue weighted by atomic mass is 35.5. The van der Waals surface area contributed by atoms with Crippen LogP contribution in [0.1, 0.15) is 15.9 Å². The van der Waals surface area contributed by atoms with Gasteiger partial charge in [0.15, 0.2) is 5.78 Å². The van der Waals surface area contributed by atoms with Crippen LogP contribution in [0.5, 0.6) is 11.5 Å². The molecule has 2 aromatic carbocycles. The maximum Gasteiger partial charge on any atom is 0.189 e. The number of halogens is 2. The second-order valence-corrected chi connectivity index (χ2v) is 4.81. The SMILES string of the molecule is COc1ccc(OC)c(C(=O)/C=C\c2c(F)cccc2Cl)c1. The summed E-state index contributed by atoms with van der Waals surface area (Å²) in [5.41, 5.74) is 0.491. The van der Waals surface area contributed by atoms with Gasteiger partial charge in [-0.05, 0) is 42.5 Å². The van der Waals surface area contributed by atoms with E-state index >= 15 is 0 Å². The Kier molecular flexibility index (Phi) is 5.17. The molecule has 0 aromatic heterocycles. The predicted octanol–water partition coefficient (Wildman–Crippen LogP) is 4.39. The molecule has 22 heavy (non-hydrogen) atoms. The maximum atomic E-state index is 13.7. The molecule has 0 saturated heterocycles. The number of ketones is 1. The van der Waals surface area contributed by atoms with Gasteiger partial charge in [0.2, 0.25) is 0 Å². The molecule has 5 heteroatoms. The molecule has 0 amide bonds. The molecule has 0 heterocycles. The normalized spacial score (nSPS) is 10.7. The van der Waals surface area contributed by atoms with E-state index < -0.39 is 5.82 Å². The van der Waals surface area contributed by atoms with E-state index in [0.29, 0.717) is 17.1 Å². The number of allylic oxidation sites excluding steroid dienone is 1. The molecule has 0 N–H and O–H groups in total. The minimum absolute atomic E-state index is 0.166. The van der Waals surface area contributed by atoms with Crippen LogP contribution in [0.2, 0.25) is 5.02 Å². The summed E-state index contributed by atoms with van der Waals surface area (Å²) in [6, 6.07) is 9.22. The first kappa shape index (κ1) is 16.0. The van der Waals surface area contributed by atoms with Gasteiger partial charge in [0.05, 0.1) is 24.8 Å². The van der Waals surface area contributed by atoms with Crippen molar-refractivity contribution in [2.75, 3.05) is 14.2 Å². The van der Waals surface area contributed by atoms with E-state index in [9.17, 15) is 9.18 Å². The lowest BCUT2D eigenvalue weighted by Crippen LogP contribution is -2.00. The number of carbonyl (C=O) groups excluding carboxylic acids is 1. The quantitative estimate of drug-likeness (QED) is 0.605. The smallest absolute Gasteiger partial charge is 0.189 e. The molecule has 0 atom stereocenters. The third kappa shape index (κ3) is 3.46. The molecule has 0 aliphatic rings. The zero-order valence-electron chi connectivity index (χ0n) is 12.1. The zero-order valence-corrected chi connectivity index (χ0v) is 12.9. The molecule has 2 rings (SSSR count). The Balaban J connectivity index is 2.35. The number of hydrogen-bond acceptors (Lipinski definition) is 3. The Morgan fingerprint density at radius 2 is 1.95 bits per heavy atom. The number of hydrogen-bond donors (Lipinski definition) is 0. The number of methoxy groups -OCH3 is 2.